The zero-order valence-corrected chi connectivity index (χ0v) is 15.4. The molecule has 1 fully saturated rings. The number of carbonyl (C=O) groups is 2. The molecule has 6 nitrogen and oxygen atoms in total. The number of carboxylic acid groups (broad SMARTS) is 1. The lowest BCUT2D eigenvalue weighted by Crippen LogP contribution is -2.40. The predicted molar refractivity (Wildman–Crippen MR) is 97.0 cm³/mol. The van der Waals surface area contributed by atoms with Gasteiger partial charge in [-0.25, -0.2) is 14.2 Å². The maximum Gasteiger partial charge on any atom is 0.490 e. The number of pyridine rings is 1. The van der Waals surface area contributed by atoms with E-state index in [1.54, 1.807) is 29.2 Å². The fourth-order valence-electron chi connectivity index (χ4n) is 2.25. The molecule has 1 aromatic carbocycles. The largest absolute Gasteiger partial charge is 0.490 e. The number of aromatic nitrogens is 1. The summed E-state index contributed by atoms with van der Waals surface area (Å²) < 4.78 is 50.0. The molecule has 158 valence electrons. The van der Waals surface area contributed by atoms with Gasteiger partial charge in [0, 0.05) is 24.8 Å². The lowest BCUT2D eigenvalue weighted by molar-refractivity contribution is -0.192. The molecule has 1 amide bonds. The van der Waals surface area contributed by atoms with Gasteiger partial charge in [0.1, 0.15) is 11.5 Å². The predicted octanol–water partition coefficient (Wildman–Crippen LogP) is 2.73. The van der Waals surface area contributed by atoms with Gasteiger partial charge >= 0.3 is 12.1 Å². The van der Waals surface area contributed by atoms with Gasteiger partial charge in [-0.2, -0.15) is 13.2 Å². The number of aliphatic carboxylic acids is 1. The summed E-state index contributed by atoms with van der Waals surface area (Å²) in [6.45, 7) is 2.33. The summed E-state index contributed by atoms with van der Waals surface area (Å²) in [5.41, 5.74) is 1.65. The minimum Gasteiger partial charge on any atom is -0.475 e. The summed E-state index contributed by atoms with van der Waals surface area (Å²) in [4.78, 5) is 27.1. The second-order valence-electron chi connectivity index (χ2n) is 5.90. The average molecular weight is 424 g/mol. The van der Waals surface area contributed by atoms with Crippen molar-refractivity contribution in [2.45, 2.75) is 6.18 Å². The second-order valence-corrected chi connectivity index (χ2v) is 5.90. The van der Waals surface area contributed by atoms with Crippen LogP contribution < -0.4 is 0 Å². The minimum absolute atomic E-state index is 0.0505. The standard InChI is InChI=1S/C18H15FN2O2.C2HF3O2/c19-16-3-1-2-14(12-16)4-6-17-7-5-15(13-20-17)18(22)21-8-10-23-11-9-21;3-2(4,5)1(6)7/h1-3,5,7,12-13H,8-11H2;(H,6,7). The van der Waals surface area contributed by atoms with Gasteiger partial charge in [0.25, 0.3) is 5.91 Å². The number of alkyl halides is 3. The van der Waals surface area contributed by atoms with Crippen LogP contribution >= 0.6 is 0 Å². The van der Waals surface area contributed by atoms with Crippen molar-refractivity contribution in [3.8, 4) is 11.8 Å². The van der Waals surface area contributed by atoms with Crippen molar-refractivity contribution in [2.75, 3.05) is 26.3 Å². The molecule has 0 aliphatic carbocycles. The van der Waals surface area contributed by atoms with Crippen LogP contribution in [-0.4, -0.2) is 59.3 Å². The molecule has 0 radical (unpaired) electrons. The first kappa shape index (κ1) is 22.8. The van der Waals surface area contributed by atoms with Crippen molar-refractivity contribution < 1.29 is 37.0 Å². The van der Waals surface area contributed by atoms with E-state index in [2.05, 4.69) is 16.8 Å². The van der Waals surface area contributed by atoms with Crippen molar-refractivity contribution in [2.24, 2.45) is 0 Å². The Labute approximate surface area is 169 Å². The van der Waals surface area contributed by atoms with E-state index in [0.29, 0.717) is 43.1 Å². The van der Waals surface area contributed by atoms with Crippen molar-refractivity contribution in [1.29, 1.82) is 0 Å². The Morgan fingerprint density at radius 3 is 2.30 bits per heavy atom. The molecule has 1 aliphatic rings. The van der Waals surface area contributed by atoms with Crippen LogP contribution in [0.4, 0.5) is 17.6 Å². The summed E-state index contributed by atoms with van der Waals surface area (Å²) in [7, 11) is 0. The third-order valence-electron chi connectivity index (χ3n) is 3.71. The molecule has 2 heterocycles. The highest BCUT2D eigenvalue weighted by Gasteiger charge is 2.38. The Hall–Kier alpha value is -3.45. The number of rotatable bonds is 1. The summed E-state index contributed by atoms with van der Waals surface area (Å²) in [5, 5.41) is 7.12. The normalized spacial score (nSPS) is 13.4. The molecule has 2 aromatic rings. The molecule has 0 atom stereocenters. The molecule has 1 N–H and O–H groups in total. The second kappa shape index (κ2) is 10.4. The highest BCUT2D eigenvalue weighted by atomic mass is 19.4. The van der Waals surface area contributed by atoms with Crippen LogP contribution in [0.1, 0.15) is 21.6 Å². The number of benzene rings is 1. The topological polar surface area (TPSA) is 79.7 Å². The molecule has 1 aromatic heterocycles. The van der Waals surface area contributed by atoms with Crippen molar-refractivity contribution in [1.82, 2.24) is 9.88 Å². The number of ether oxygens (including phenoxy) is 1. The number of nitrogens with zero attached hydrogens (tertiary/aromatic N) is 2. The van der Waals surface area contributed by atoms with Crippen LogP contribution in [0.25, 0.3) is 0 Å². The van der Waals surface area contributed by atoms with Crippen LogP contribution in [0.3, 0.4) is 0 Å². The maximum absolute atomic E-state index is 13.1. The van der Waals surface area contributed by atoms with E-state index < -0.39 is 12.1 Å². The van der Waals surface area contributed by atoms with E-state index in [0.717, 1.165) is 0 Å². The number of amides is 1. The van der Waals surface area contributed by atoms with Gasteiger partial charge in [-0.3, -0.25) is 4.79 Å². The van der Waals surface area contributed by atoms with Crippen molar-refractivity contribution in [3.05, 3.63) is 65.2 Å². The van der Waals surface area contributed by atoms with E-state index in [4.69, 9.17) is 14.6 Å². The number of carboxylic acids is 1. The molecule has 0 unspecified atom stereocenters. The first-order valence-electron chi connectivity index (χ1n) is 8.57. The van der Waals surface area contributed by atoms with E-state index in [-0.39, 0.29) is 11.7 Å². The van der Waals surface area contributed by atoms with E-state index in [1.807, 2.05) is 0 Å². The molecule has 30 heavy (non-hydrogen) atoms. The van der Waals surface area contributed by atoms with Crippen molar-refractivity contribution in [3.63, 3.8) is 0 Å². The average Bonchev–Trinajstić information content (AvgIpc) is 2.72. The van der Waals surface area contributed by atoms with Crippen LogP contribution in [0, 0.1) is 17.7 Å². The zero-order chi connectivity index (χ0) is 22.1. The first-order chi connectivity index (χ1) is 14.2. The highest BCUT2D eigenvalue weighted by molar-refractivity contribution is 5.94. The first-order valence-corrected chi connectivity index (χ1v) is 8.57. The molecule has 10 heteroatoms. The molecule has 0 spiro atoms. The van der Waals surface area contributed by atoms with Crippen molar-refractivity contribution >= 4 is 11.9 Å². The Morgan fingerprint density at radius 2 is 1.77 bits per heavy atom. The Balaban J connectivity index is 0.000000396. The smallest absolute Gasteiger partial charge is 0.475 e. The molecule has 3 rings (SSSR count). The molecule has 0 bridgehead atoms. The summed E-state index contributed by atoms with van der Waals surface area (Å²) >= 11 is 0. The molecule has 1 saturated heterocycles. The minimum atomic E-state index is -5.08. The Kier molecular flexibility index (Phi) is 7.89. The van der Waals surface area contributed by atoms with Gasteiger partial charge in [-0.05, 0) is 36.3 Å². The SMILES string of the molecule is O=C(O)C(F)(F)F.O=C(c1ccc(C#Cc2cccc(F)c2)nc1)N1CCOCC1. The fraction of sp³-hybridized carbons (Fsp3) is 0.250. The van der Waals surface area contributed by atoms with Crippen LogP contribution in [0.5, 0.6) is 0 Å². The summed E-state index contributed by atoms with van der Waals surface area (Å²) in [6, 6.07) is 9.47. The Bertz CT molecular complexity index is 944. The third-order valence-corrected chi connectivity index (χ3v) is 3.71. The number of morpholine rings is 1. The monoisotopic (exact) mass is 424 g/mol. The van der Waals surface area contributed by atoms with E-state index in [1.165, 1.54) is 18.3 Å². The molecular weight excluding hydrogens is 408 g/mol. The van der Waals surface area contributed by atoms with E-state index >= 15 is 0 Å². The van der Waals surface area contributed by atoms with E-state index in [9.17, 15) is 22.4 Å². The maximum atomic E-state index is 13.1. The van der Waals surface area contributed by atoms with Crippen LogP contribution in [0.2, 0.25) is 0 Å². The van der Waals surface area contributed by atoms with Gasteiger partial charge in [0.05, 0.1) is 18.8 Å². The third kappa shape index (κ3) is 7.18. The number of carbonyl (C=O) groups excluding carboxylic acids is 1. The number of halogens is 4. The Morgan fingerprint density at radius 1 is 1.10 bits per heavy atom. The van der Waals surface area contributed by atoms with Gasteiger partial charge < -0.3 is 14.7 Å². The highest BCUT2D eigenvalue weighted by Crippen LogP contribution is 2.13. The van der Waals surface area contributed by atoms with Gasteiger partial charge in [-0.1, -0.05) is 12.0 Å². The fourth-order valence-corrected chi connectivity index (χ4v) is 2.25. The van der Waals surface area contributed by atoms with Gasteiger partial charge in [0.2, 0.25) is 0 Å². The zero-order valence-electron chi connectivity index (χ0n) is 15.4. The lowest BCUT2D eigenvalue weighted by Gasteiger charge is -2.26. The summed E-state index contributed by atoms with van der Waals surface area (Å²) in [6.07, 6.45) is -3.56. The summed E-state index contributed by atoms with van der Waals surface area (Å²) in [5.74, 6) is 2.58. The van der Waals surface area contributed by atoms with Gasteiger partial charge in [-0.15, -0.1) is 0 Å². The number of hydrogen-bond acceptors (Lipinski definition) is 4. The molecule has 1 aliphatic heterocycles. The lowest BCUT2D eigenvalue weighted by atomic mass is 10.2. The van der Waals surface area contributed by atoms with Crippen LogP contribution in [-0.2, 0) is 9.53 Å². The molecule has 0 saturated carbocycles. The van der Waals surface area contributed by atoms with Gasteiger partial charge in [0.15, 0.2) is 0 Å². The number of hydrogen-bond donors (Lipinski definition) is 1. The quantitative estimate of drug-likeness (QED) is 0.563. The molecular formula is C20H16F4N2O4. The van der Waals surface area contributed by atoms with Crippen LogP contribution in [0.15, 0.2) is 42.6 Å².